The van der Waals surface area contributed by atoms with E-state index in [1.807, 2.05) is 6.07 Å². The van der Waals surface area contributed by atoms with Crippen LogP contribution in [0.4, 0.5) is 5.69 Å². The molecule has 1 saturated heterocycles. The molecule has 1 aliphatic heterocycles. The third kappa shape index (κ3) is 3.97. The fraction of sp³-hybridized carbons (Fsp3) is 0.455. The lowest BCUT2D eigenvalue weighted by Gasteiger charge is -2.30. The summed E-state index contributed by atoms with van der Waals surface area (Å²) in [6.07, 6.45) is 0. The van der Waals surface area contributed by atoms with Crippen molar-refractivity contribution >= 4 is 53.7 Å². The highest BCUT2D eigenvalue weighted by molar-refractivity contribution is 6.37. The summed E-state index contributed by atoms with van der Waals surface area (Å²) in [6, 6.07) is 3.63. The predicted molar refractivity (Wildman–Crippen MR) is 82.6 cm³/mol. The first kappa shape index (κ1) is 17.9. The summed E-state index contributed by atoms with van der Waals surface area (Å²) in [6.45, 7) is 3.84. The Morgan fingerprint density at radius 3 is 2.28 bits per heavy atom. The van der Waals surface area contributed by atoms with Crippen molar-refractivity contribution in [2.75, 3.05) is 38.2 Å². The maximum Gasteiger partial charge on any atom is 0.139 e. The molecule has 1 heterocycles. The van der Waals surface area contributed by atoms with Crippen LogP contribution in [-0.2, 0) is 0 Å². The second-order valence-electron chi connectivity index (χ2n) is 3.68. The Balaban J connectivity index is 0.00000144. The molecule has 1 fully saturated rings. The number of anilines is 1. The van der Waals surface area contributed by atoms with Gasteiger partial charge in [-0.05, 0) is 6.07 Å². The Bertz CT molecular complexity index is 384. The van der Waals surface area contributed by atoms with Crippen LogP contribution in [-0.4, -0.2) is 33.3 Å². The van der Waals surface area contributed by atoms with E-state index in [0.29, 0.717) is 15.8 Å². The summed E-state index contributed by atoms with van der Waals surface area (Å²) in [5.74, 6) is 0.666. The molecule has 18 heavy (non-hydrogen) atoms. The van der Waals surface area contributed by atoms with Gasteiger partial charge >= 0.3 is 0 Å². The van der Waals surface area contributed by atoms with Crippen LogP contribution in [0.1, 0.15) is 0 Å². The van der Waals surface area contributed by atoms with Crippen LogP contribution in [0.25, 0.3) is 0 Å². The minimum absolute atomic E-state index is 0. The fourth-order valence-electron chi connectivity index (χ4n) is 1.82. The smallest absolute Gasteiger partial charge is 0.139 e. The monoisotopic (exact) mass is 332 g/mol. The van der Waals surface area contributed by atoms with E-state index in [2.05, 4.69) is 10.2 Å². The molecule has 0 atom stereocenters. The molecular weight excluding hydrogens is 318 g/mol. The standard InChI is InChI=1S/C11H14Cl2N2O.2ClH/c1-16-11-7-10(8(12)6-9(11)13)15-4-2-14-3-5-15;;/h6-7,14H,2-5H2,1H3;2*1H. The number of methoxy groups -OCH3 is 1. The van der Waals surface area contributed by atoms with Gasteiger partial charge in [0, 0.05) is 32.2 Å². The van der Waals surface area contributed by atoms with Crippen molar-refractivity contribution in [3.63, 3.8) is 0 Å². The maximum absolute atomic E-state index is 6.19. The predicted octanol–water partition coefficient (Wildman–Crippen LogP) is 3.26. The van der Waals surface area contributed by atoms with Crippen LogP contribution in [0.15, 0.2) is 12.1 Å². The zero-order valence-corrected chi connectivity index (χ0v) is 13.1. The molecule has 1 aliphatic rings. The lowest BCUT2D eigenvalue weighted by atomic mass is 10.2. The molecule has 1 aromatic carbocycles. The molecule has 0 aromatic heterocycles. The van der Waals surface area contributed by atoms with Gasteiger partial charge in [-0.1, -0.05) is 23.2 Å². The molecule has 104 valence electrons. The van der Waals surface area contributed by atoms with Crippen LogP contribution >= 0.6 is 48.0 Å². The first-order valence-electron chi connectivity index (χ1n) is 5.21. The van der Waals surface area contributed by atoms with Gasteiger partial charge in [0.05, 0.1) is 22.8 Å². The molecule has 0 unspecified atom stereocenters. The van der Waals surface area contributed by atoms with Gasteiger partial charge in [0.2, 0.25) is 0 Å². The number of hydrogen-bond donors (Lipinski definition) is 1. The Labute approximate surface area is 130 Å². The zero-order chi connectivity index (χ0) is 11.5. The third-order valence-electron chi connectivity index (χ3n) is 2.68. The lowest BCUT2D eigenvalue weighted by Crippen LogP contribution is -2.43. The van der Waals surface area contributed by atoms with Crippen molar-refractivity contribution in [2.24, 2.45) is 0 Å². The number of hydrogen-bond acceptors (Lipinski definition) is 3. The van der Waals surface area contributed by atoms with Gasteiger partial charge in [-0.3, -0.25) is 0 Å². The van der Waals surface area contributed by atoms with E-state index in [4.69, 9.17) is 27.9 Å². The highest BCUT2D eigenvalue weighted by atomic mass is 35.5. The summed E-state index contributed by atoms with van der Waals surface area (Å²) >= 11 is 12.2. The highest BCUT2D eigenvalue weighted by Crippen LogP contribution is 2.36. The number of piperazine rings is 1. The number of ether oxygens (including phenoxy) is 1. The normalized spacial score (nSPS) is 14.5. The molecule has 7 heteroatoms. The van der Waals surface area contributed by atoms with Gasteiger partial charge in [0.25, 0.3) is 0 Å². The average molecular weight is 334 g/mol. The first-order chi connectivity index (χ1) is 7.72. The van der Waals surface area contributed by atoms with E-state index in [0.717, 1.165) is 31.9 Å². The Morgan fingerprint density at radius 2 is 1.72 bits per heavy atom. The SMILES string of the molecule is COc1cc(N2CCNCC2)c(Cl)cc1Cl.Cl.Cl. The average Bonchev–Trinajstić information content (AvgIpc) is 2.30. The molecule has 2 rings (SSSR count). The second-order valence-corrected chi connectivity index (χ2v) is 4.49. The lowest BCUT2D eigenvalue weighted by molar-refractivity contribution is 0.415. The highest BCUT2D eigenvalue weighted by Gasteiger charge is 2.16. The van der Waals surface area contributed by atoms with Crippen molar-refractivity contribution < 1.29 is 4.74 Å². The van der Waals surface area contributed by atoms with E-state index >= 15 is 0 Å². The second kappa shape index (κ2) is 8.18. The quantitative estimate of drug-likeness (QED) is 0.899. The number of halogens is 4. The number of nitrogens with one attached hydrogen (secondary N) is 1. The minimum atomic E-state index is 0. The van der Waals surface area contributed by atoms with E-state index < -0.39 is 0 Å². The van der Waals surface area contributed by atoms with Gasteiger partial charge in [-0.2, -0.15) is 0 Å². The van der Waals surface area contributed by atoms with Crippen LogP contribution in [0.3, 0.4) is 0 Å². The van der Waals surface area contributed by atoms with Gasteiger partial charge in [-0.15, -0.1) is 24.8 Å². The Hall–Kier alpha value is -0.0600. The molecular formula is C11H16Cl4N2O. The number of benzene rings is 1. The van der Waals surface area contributed by atoms with Crippen LogP contribution < -0.4 is 15.0 Å². The van der Waals surface area contributed by atoms with Crippen LogP contribution in [0.5, 0.6) is 5.75 Å². The topological polar surface area (TPSA) is 24.5 Å². The van der Waals surface area contributed by atoms with Gasteiger partial charge in [0.1, 0.15) is 5.75 Å². The van der Waals surface area contributed by atoms with Crippen molar-refractivity contribution in [1.29, 1.82) is 0 Å². The Morgan fingerprint density at radius 1 is 1.11 bits per heavy atom. The molecule has 0 aliphatic carbocycles. The van der Waals surface area contributed by atoms with Crippen molar-refractivity contribution in [2.45, 2.75) is 0 Å². The summed E-state index contributed by atoms with van der Waals surface area (Å²) in [4.78, 5) is 2.23. The fourth-order valence-corrected chi connectivity index (χ4v) is 2.40. The maximum atomic E-state index is 6.19. The first-order valence-corrected chi connectivity index (χ1v) is 5.96. The molecule has 0 radical (unpaired) electrons. The Kier molecular flexibility index (Phi) is 8.15. The molecule has 1 aromatic rings. The van der Waals surface area contributed by atoms with Gasteiger partial charge in [-0.25, -0.2) is 0 Å². The minimum Gasteiger partial charge on any atom is -0.495 e. The van der Waals surface area contributed by atoms with Crippen molar-refractivity contribution in [3.05, 3.63) is 22.2 Å². The zero-order valence-electron chi connectivity index (χ0n) is 9.91. The summed E-state index contributed by atoms with van der Waals surface area (Å²) < 4.78 is 5.20. The van der Waals surface area contributed by atoms with E-state index in [9.17, 15) is 0 Å². The molecule has 0 bridgehead atoms. The summed E-state index contributed by atoms with van der Waals surface area (Å²) in [7, 11) is 1.61. The largest absolute Gasteiger partial charge is 0.495 e. The number of rotatable bonds is 2. The molecule has 0 spiro atoms. The van der Waals surface area contributed by atoms with E-state index in [1.54, 1.807) is 13.2 Å². The van der Waals surface area contributed by atoms with Gasteiger partial charge in [0.15, 0.2) is 0 Å². The molecule has 1 N–H and O–H groups in total. The molecule has 0 saturated carbocycles. The summed E-state index contributed by atoms with van der Waals surface area (Å²) in [5, 5.41) is 4.52. The summed E-state index contributed by atoms with van der Waals surface area (Å²) in [5.41, 5.74) is 0.990. The molecule has 3 nitrogen and oxygen atoms in total. The number of nitrogens with zero attached hydrogens (tertiary/aromatic N) is 1. The third-order valence-corrected chi connectivity index (χ3v) is 3.28. The van der Waals surface area contributed by atoms with Gasteiger partial charge < -0.3 is 15.0 Å². The van der Waals surface area contributed by atoms with Crippen molar-refractivity contribution in [3.8, 4) is 5.75 Å². The van der Waals surface area contributed by atoms with E-state index in [1.165, 1.54) is 0 Å². The van der Waals surface area contributed by atoms with Crippen LogP contribution in [0.2, 0.25) is 10.0 Å². The molecule has 0 amide bonds. The van der Waals surface area contributed by atoms with E-state index in [-0.39, 0.29) is 24.8 Å². The van der Waals surface area contributed by atoms with Crippen LogP contribution in [0, 0.1) is 0 Å². The van der Waals surface area contributed by atoms with Crippen molar-refractivity contribution in [1.82, 2.24) is 5.32 Å².